The summed E-state index contributed by atoms with van der Waals surface area (Å²) in [6.45, 7) is 0. The summed E-state index contributed by atoms with van der Waals surface area (Å²) in [5.74, 6) is 0. The van der Waals surface area contributed by atoms with Crippen molar-refractivity contribution in [3.05, 3.63) is 69.2 Å². The topological polar surface area (TPSA) is 20.2 Å². The Kier molecular flexibility index (Phi) is 4.97. The van der Waals surface area contributed by atoms with Gasteiger partial charge >= 0.3 is 0 Å². The molecule has 0 amide bonds. The first-order valence-corrected chi connectivity index (χ1v) is 6.73. The average molecular weight is 317 g/mol. The van der Waals surface area contributed by atoms with E-state index in [9.17, 15) is 13.9 Å². The average Bonchev–Trinajstić information content (AvgIpc) is 2.42. The lowest BCUT2D eigenvalue weighted by atomic mass is 10.0. The largest absolute Gasteiger partial charge is 0.388 e. The van der Waals surface area contributed by atoms with Gasteiger partial charge in [0.1, 0.15) is 0 Å². The van der Waals surface area contributed by atoms with Crippen LogP contribution in [0.15, 0.2) is 42.5 Å². The fraction of sp³-hybridized carbons (Fsp3) is 0.200. The highest BCUT2D eigenvalue weighted by atomic mass is 35.5. The van der Waals surface area contributed by atoms with Crippen LogP contribution in [0.4, 0.5) is 8.78 Å². The number of halogens is 4. The Morgan fingerprint density at radius 3 is 2.10 bits per heavy atom. The zero-order valence-corrected chi connectivity index (χ0v) is 11.9. The fourth-order valence-corrected chi connectivity index (χ4v) is 2.36. The first-order valence-electron chi connectivity index (χ1n) is 5.97. The lowest BCUT2D eigenvalue weighted by Gasteiger charge is -2.13. The predicted molar refractivity (Wildman–Crippen MR) is 76.5 cm³/mol. The van der Waals surface area contributed by atoms with Gasteiger partial charge in [-0.1, -0.05) is 53.5 Å². The van der Waals surface area contributed by atoms with Gasteiger partial charge in [-0.3, -0.25) is 0 Å². The van der Waals surface area contributed by atoms with Crippen LogP contribution in [0.1, 0.15) is 29.2 Å². The van der Waals surface area contributed by atoms with Crippen molar-refractivity contribution in [2.75, 3.05) is 0 Å². The molecule has 0 radical (unpaired) electrons. The number of aliphatic hydroxyl groups excluding tert-OH is 1. The highest BCUT2D eigenvalue weighted by Crippen LogP contribution is 2.27. The van der Waals surface area contributed by atoms with Gasteiger partial charge < -0.3 is 5.11 Å². The molecule has 1 N–H and O–H groups in total. The summed E-state index contributed by atoms with van der Waals surface area (Å²) in [4.78, 5) is 0. The second kappa shape index (κ2) is 6.53. The van der Waals surface area contributed by atoms with Crippen LogP contribution in [-0.4, -0.2) is 5.11 Å². The Hall–Kier alpha value is -1.16. The molecule has 2 aromatic carbocycles. The molecule has 0 saturated carbocycles. The molecule has 5 heteroatoms. The SMILES string of the molecule is OC(Cc1ccc(Cl)cc1Cl)c1ccc(C(F)F)cc1. The van der Waals surface area contributed by atoms with Crippen LogP contribution in [0, 0.1) is 0 Å². The van der Waals surface area contributed by atoms with Crippen LogP contribution in [-0.2, 0) is 6.42 Å². The Labute approximate surface area is 125 Å². The zero-order valence-electron chi connectivity index (χ0n) is 10.4. The second-order valence-electron chi connectivity index (χ2n) is 4.42. The predicted octanol–water partition coefficient (Wildman–Crippen LogP) is 5.21. The van der Waals surface area contributed by atoms with Gasteiger partial charge in [-0.05, 0) is 23.3 Å². The van der Waals surface area contributed by atoms with Gasteiger partial charge in [-0.25, -0.2) is 8.78 Å². The normalized spacial score (nSPS) is 12.7. The molecule has 0 bridgehead atoms. The summed E-state index contributed by atoms with van der Waals surface area (Å²) in [5.41, 5.74) is 1.26. The van der Waals surface area contributed by atoms with E-state index in [0.29, 0.717) is 22.0 Å². The fourth-order valence-electron chi connectivity index (χ4n) is 1.88. The maximum atomic E-state index is 12.4. The quantitative estimate of drug-likeness (QED) is 0.821. The molecule has 0 fully saturated rings. The van der Waals surface area contributed by atoms with Crippen LogP contribution in [0.25, 0.3) is 0 Å². The van der Waals surface area contributed by atoms with Crippen molar-refractivity contribution in [2.45, 2.75) is 19.0 Å². The molecule has 0 aliphatic carbocycles. The molecule has 1 atom stereocenters. The lowest BCUT2D eigenvalue weighted by Crippen LogP contribution is -2.02. The maximum absolute atomic E-state index is 12.4. The van der Waals surface area contributed by atoms with E-state index in [2.05, 4.69) is 0 Å². The maximum Gasteiger partial charge on any atom is 0.263 e. The van der Waals surface area contributed by atoms with Crippen molar-refractivity contribution in [2.24, 2.45) is 0 Å². The first kappa shape index (κ1) is 15.2. The monoisotopic (exact) mass is 316 g/mol. The van der Waals surface area contributed by atoms with E-state index < -0.39 is 12.5 Å². The third-order valence-electron chi connectivity index (χ3n) is 3.00. The number of hydrogen-bond donors (Lipinski definition) is 1. The van der Waals surface area contributed by atoms with E-state index in [1.807, 2.05) is 0 Å². The smallest absolute Gasteiger partial charge is 0.263 e. The lowest BCUT2D eigenvalue weighted by molar-refractivity contribution is 0.151. The number of hydrogen-bond acceptors (Lipinski definition) is 1. The molecule has 1 nitrogen and oxygen atoms in total. The van der Waals surface area contributed by atoms with E-state index in [-0.39, 0.29) is 5.56 Å². The summed E-state index contributed by atoms with van der Waals surface area (Å²) in [6.07, 6.45) is -3.02. The Morgan fingerprint density at radius 1 is 0.950 bits per heavy atom. The van der Waals surface area contributed by atoms with E-state index >= 15 is 0 Å². The van der Waals surface area contributed by atoms with E-state index in [4.69, 9.17) is 23.2 Å². The van der Waals surface area contributed by atoms with Crippen molar-refractivity contribution in [3.63, 3.8) is 0 Å². The van der Waals surface area contributed by atoms with Crippen molar-refractivity contribution < 1.29 is 13.9 Å². The van der Waals surface area contributed by atoms with Crippen LogP contribution in [0.2, 0.25) is 10.0 Å². The van der Waals surface area contributed by atoms with E-state index in [1.54, 1.807) is 18.2 Å². The molecule has 2 rings (SSSR count). The molecule has 0 aromatic heterocycles. The Balaban J connectivity index is 2.13. The highest BCUT2D eigenvalue weighted by molar-refractivity contribution is 6.35. The minimum absolute atomic E-state index is 0.0644. The number of aliphatic hydroxyl groups is 1. The van der Waals surface area contributed by atoms with Crippen LogP contribution in [0.3, 0.4) is 0 Å². The van der Waals surface area contributed by atoms with E-state index in [1.165, 1.54) is 24.3 Å². The third kappa shape index (κ3) is 3.69. The molecular weight excluding hydrogens is 305 g/mol. The first-order chi connectivity index (χ1) is 9.47. The molecule has 20 heavy (non-hydrogen) atoms. The highest BCUT2D eigenvalue weighted by Gasteiger charge is 2.13. The van der Waals surface area contributed by atoms with Gasteiger partial charge in [0.25, 0.3) is 6.43 Å². The zero-order chi connectivity index (χ0) is 14.7. The molecule has 106 valence electrons. The van der Waals surface area contributed by atoms with Crippen LogP contribution >= 0.6 is 23.2 Å². The summed E-state index contributed by atoms with van der Waals surface area (Å²) >= 11 is 11.8. The summed E-state index contributed by atoms with van der Waals surface area (Å²) in [5, 5.41) is 11.1. The van der Waals surface area contributed by atoms with Gasteiger partial charge in [0.2, 0.25) is 0 Å². The third-order valence-corrected chi connectivity index (χ3v) is 3.59. The van der Waals surface area contributed by atoms with Crippen molar-refractivity contribution in [1.82, 2.24) is 0 Å². The van der Waals surface area contributed by atoms with Crippen molar-refractivity contribution in [1.29, 1.82) is 0 Å². The summed E-state index contributed by atoms with van der Waals surface area (Å²) < 4.78 is 24.9. The summed E-state index contributed by atoms with van der Waals surface area (Å²) in [6, 6.07) is 10.6. The molecule has 2 aromatic rings. The minimum atomic E-state index is -2.51. The van der Waals surface area contributed by atoms with Gasteiger partial charge in [0.05, 0.1) is 6.10 Å². The summed E-state index contributed by atoms with van der Waals surface area (Å²) in [7, 11) is 0. The van der Waals surface area contributed by atoms with Crippen molar-refractivity contribution >= 4 is 23.2 Å². The molecule has 0 spiro atoms. The molecule has 0 aliphatic heterocycles. The number of alkyl halides is 2. The van der Waals surface area contributed by atoms with Gasteiger partial charge in [-0.2, -0.15) is 0 Å². The molecule has 0 saturated heterocycles. The molecule has 1 unspecified atom stereocenters. The second-order valence-corrected chi connectivity index (χ2v) is 5.27. The van der Waals surface area contributed by atoms with Gasteiger partial charge in [0.15, 0.2) is 0 Å². The Bertz CT molecular complexity index is 585. The standard InChI is InChI=1S/C15H12Cl2F2O/c16-12-6-5-11(13(17)8-12)7-14(20)9-1-3-10(4-2-9)15(18)19/h1-6,8,14-15,20H,7H2. The van der Waals surface area contributed by atoms with Crippen LogP contribution < -0.4 is 0 Å². The van der Waals surface area contributed by atoms with E-state index in [0.717, 1.165) is 5.56 Å². The number of rotatable bonds is 4. The molecular formula is C15H12Cl2F2O. The van der Waals surface area contributed by atoms with Crippen LogP contribution in [0.5, 0.6) is 0 Å². The minimum Gasteiger partial charge on any atom is -0.388 e. The number of benzene rings is 2. The molecule has 0 heterocycles. The Morgan fingerprint density at radius 2 is 1.55 bits per heavy atom. The molecule has 0 aliphatic rings. The van der Waals surface area contributed by atoms with Gasteiger partial charge in [-0.15, -0.1) is 0 Å². The van der Waals surface area contributed by atoms with Gasteiger partial charge in [0, 0.05) is 22.0 Å². The van der Waals surface area contributed by atoms with Crippen molar-refractivity contribution in [3.8, 4) is 0 Å².